The molecular weight excluding hydrogens is 332 g/mol. The number of hydrogen-bond acceptors (Lipinski definition) is 5. The van der Waals surface area contributed by atoms with Gasteiger partial charge in [0.2, 0.25) is 5.91 Å². The summed E-state index contributed by atoms with van der Waals surface area (Å²) in [7, 11) is 0. The van der Waals surface area contributed by atoms with Gasteiger partial charge >= 0.3 is 0 Å². The zero-order valence-electron chi connectivity index (χ0n) is 14.3. The van der Waals surface area contributed by atoms with Crippen LogP contribution in [0.2, 0.25) is 0 Å². The van der Waals surface area contributed by atoms with Gasteiger partial charge in [0, 0.05) is 30.1 Å². The maximum atomic E-state index is 11.0. The molecule has 0 saturated heterocycles. The van der Waals surface area contributed by atoms with Crippen LogP contribution >= 0.6 is 11.3 Å². The van der Waals surface area contributed by atoms with Crippen LogP contribution in [0.5, 0.6) is 0 Å². The van der Waals surface area contributed by atoms with E-state index in [4.69, 9.17) is 0 Å². The first kappa shape index (κ1) is 17.2. The summed E-state index contributed by atoms with van der Waals surface area (Å²) in [5.74, 6) is 0.0193. The zero-order chi connectivity index (χ0) is 17.6. The molecule has 3 aromatic rings. The molecule has 1 unspecified atom stereocenters. The summed E-state index contributed by atoms with van der Waals surface area (Å²) in [4.78, 5) is 23.9. The zero-order valence-corrected chi connectivity index (χ0v) is 15.1. The number of carbonyl (C=O) groups is 1. The molecule has 128 valence electrons. The highest BCUT2D eigenvalue weighted by atomic mass is 32.1. The molecule has 2 heterocycles. The lowest BCUT2D eigenvalue weighted by atomic mass is 10.0. The first-order valence-corrected chi connectivity index (χ1v) is 9.08. The second kappa shape index (κ2) is 7.98. The van der Waals surface area contributed by atoms with Crippen molar-refractivity contribution in [3.8, 4) is 22.0 Å². The van der Waals surface area contributed by atoms with Gasteiger partial charge in [0.1, 0.15) is 17.0 Å². The summed E-state index contributed by atoms with van der Waals surface area (Å²) in [6.07, 6.45) is 5.12. The molecule has 0 aliphatic heterocycles. The van der Waals surface area contributed by atoms with Crippen molar-refractivity contribution in [1.29, 1.82) is 0 Å². The molecule has 3 rings (SSSR count). The number of nitrogens with zero attached hydrogens (tertiary/aromatic N) is 3. The van der Waals surface area contributed by atoms with E-state index in [0.29, 0.717) is 0 Å². The molecule has 0 radical (unpaired) electrons. The Morgan fingerprint density at radius 2 is 2.00 bits per heavy atom. The van der Waals surface area contributed by atoms with E-state index in [1.807, 2.05) is 18.4 Å². The Balaban J connectivity index is 1.65. The van der Waals surface area contributed by atoms with Crippen LogP contribution in [0.1, 0.15) is 25.8 Å². The topological polar surface area (TPSA) is 67.8 Å². The molecule has 0 fully saturated rings. The van der Waals surface area contributed by atoms with Gasteiger partial charge < -0.3 is 5.32 Å². The molecule has 2 aromatic heterocycles. The van der Waals surface area contributed by atoms with Crippen LogP contribution in [-0.4, -0.2) is 26.9 Å². The highest BCUT2D eigenvalue weighted by molar-refractivity contribution is 7.13. The first-order valence-electron chi connectivity index (χ1n) is 8.20. The third-order valence-electron chi connectivity index (χ3n) is 3.87. The molecule has 0 aliphatic carbocycles. The smallest absolute Gasteiger partial charge is 0.217 e. The fourth-order valence-corrected chi connectivity index (χ4v) is 3.39. The summed E-state index contributed by atoms with van der Waals surface area (Å²) in [5, 5.41) is 5.85. The third-order valence-corrected chi connectivity index (χ3v) is 4.74. The van der Waals surface area contributed by atoms with Gasteiger partial charge in [0.15, 0.2) is 0 Å². The average molecular weight is 352 g/mol. The predicted octanol–water partition coefficient (Wildman–Crippen LogP) is 3.72. The number of nitrogens with one attached hydrogen (secondary N) is 1. The molecule has 0 saturated carbocycles. The van der Waals surface area contributed by atoms with Crippen LogP contribution in [0.25, 0.3) is 22.0 Å². The fraction of sp³-hybridized carbons (Fsp3) is 0.263. The minimum atomic E-state index is 0.0193. The summed E-state index contributed by atoms with van der Waals surface area (Å²) in [6.45, 7) is 3.58. The molecule has 1 atom stereocenters. The third kappa shape index (κ3) is 4.70. The van der Waals surface area contributed by atoms with Crippen LogP contribution in [0.15, 0.2) is 48.2 Å². The SMILES string of the molecule is CC(=O)NC(C)CCc1ccc(-c2csc(-c3ccncn3)n2)cc1. The number of thiazole rings is 1. The van der Waals surface area contributed by atoms with Crippen LogP contribution in [0.3, 0.4) is 0 Å². The summed E-state index contributed by atoms with van der Waals surface area (Å²) < 4.78 is 0. The van der Waals surface area contributed by atoms with Crippen molar-refractivity contribution in [2.24, 2.45) is 0 Å². The molecule has 0 spiro atoms. The van der Waals surface area contributed by atoms with Crippen LogP contribution in [0.4, 0.5) is 0 Å². The van der Waals surface area contributed by atoms with Gasteiger partial charge in [0.25, 0.3) is 0 Å². The number of amides is 1. The number of aryl methyl sites for hydroxylation is 1. The minimum Gasteiger partial charge on any atom is -0.354 e. The maximum Gasteiger partial charge on any atom is 0.217 e. The number of rotatable bonds is 6. The Bertz CT molecular complexity index is 830. The van der Waals surface area contributed by atoms with E-state index in [9.17, 15) is 4.79 Å². The molecule has 5 nitrogen and oxygen atoms in total. The van der Waals surface area contributed by atoms with Gasteiger partial charge in [-0.3, -0.25) is 4.79 Å². The van der Waals surface area contributed by atoms with E-state index >= 15 is 0 Å². The monoisotopic (exact) mass is 352 g/mol. The highest BCUT2D eigenvalue weighted by Crippen LogP contribution is 2.27. The highest BCUT2D eigenvalue weighted by Gasteiger charge is 2.08. The van der Waals surface area contributed by atoms with Crippen molar-refractivity contribution in [2.45, 2.75) is 32.7 Å². The van der Waals surface area contributed by atoms with Crippen molar-refractivity contribution < 1.29 is 4.79 Å². The molecule has 25 heavy (non-hydrogen) atoms. The normalized spacial score (nSPS) is 11.9. The number of aromatic nitrogens is 3. The molecule has 1 amide bonds. The number of carbonyl (C=O) groups excluding carboxylic acids is 1. The van der Waals surface area contributed by atoms with E-state index in [1.54, 1.807) is 24.5 Å². The Hall–Kier alpha value is -2.60. The van der Waals surface area contributed by atoms with Crippen LogP contribution < -0.4 is 5.32 Å². The Morgan fingerprint density at radius 1 is 1.20 bits per heavy atom. The Kier molecular flexibility index (Phi) is 5.50. The largest absolute Gasteiger partial charge is 0.354 e. The lowest BCUT2D eigenvalue weighted by Crippen LogP contribution is -2.30. The molecule has 0 bridgehead atoms. The van der Waals surface area contributed by atoms with Gasteiger partial charge in [0.05, 0.1) is 5.69 Å². The van der Waals surface area contributed by atoms with E-state index in [0.717, 1.165) is 34.8 Å². The van der Waals surface area contributed by atoms with Crippen LogP contribution in [-0.2, 0) is 11.2 Å². The second-order valence-corrected chi connectivity index (χ2v) is 6.83. The van der Waals surface area contributed by atoms with Gasteiger partial charge in [-0.2, -0.15) is 0 Å². The van der Waals surface area contributed by atoms with Crippen molar-refractivity contribution in [2.75, 3.05) is 0 Å². The predicted molar refractivity (Wildman–Crippen MR) is 100 cm³/mol. The van der Waals surface area contributed by atoms with Crippen molar-refractivity contribution >= 4 is 17.2 Å². The number of benzene rings is 1. The molecule has 0 aliphatic rings. The van der Waals surface area contributed by atoms with E-state index < -0.39 is 0 Å². The summed E-state index contributed by atoms with van der Waals surface area (Å²) in [5.41, 5.74) is 4.15. The molecule has 1 aromatic carbocycles. The maximum absolute atomic E-state index is 11.0. The van der Waals surface area contributed by atoms with Crippen molar-refractivity contribution in [1.82, 2.24) is 20.3 Å². The molecule has 1 N–H and O–H groups in total. The summed E-state index contributed by atoms with van der Waals surface area (Å²) >= 11 is 1.58. The lowest BCUT2D eigenvalue weighted by Gasteiger charge is -2.12. The van der Waals surface area contributed by atoms with Gasteiger partial charge in [-0.15, -0.1) is 11.3 Å². The second-order valence-electron chi connectivity index (χ2n) is 5.97. The van der Waals surface area contributed by atoms with Crippen molar-refractivity contribution in [3.63, 3.8) is 0 Å². The molecular formula is C19H20N4OS. The number of hydrogen-bond donors (Lipinski definition) is 1. The summed E-state index contributed by atoms with van der Waals surface area (Å²) in [6, 6.07) is 10.5. The van der Waals surface area contributed by atoms with Gasteiger partial charge in [-0.25, -0.2) is 15.0 Å². The van der Waals surface area contributed by atoms with E-state index in [1.165, 1.54) is 11.9 Å². The fourth-order valence-electron chi connectivity index (χ4n) is 2.59. The average Bonchev–Trinajstić information content (AvgIpc) is 3.11. The Labute approximate surface area is 151 Å². The standard InChI is InChI=1S/C19H20N4OS/c1-13(22-14(2)24)3-4-15-5-7-16(8-6-15)18-11-25-19(23-18)17-9-10-20-12-21-17/h5-13H,3-4H2,1-2H3,(H,22,24). The first-order chi connectivity index (χ1) is 12.1. The molecule has 6 heteroatoms. The van der Waals surface area contributed by atoms with Gasteiger partial charge in [-0.05, 0) is 31.4 Å². The minimum absolute atomic E-state index is 0.0193. The lowest BCUT2D eigenvalue weighted by molar-refractivity contribution is -0.119. The van der Waals surface area contributed by atoms with Crippen LogP contribution in [0, 0.1) is 0 Å². The van der Waals surface area contributed by atoms with E-state index in [2.05, 4.69) is 44.5 Å². The Morgan fingerprint density at radius 3 is 2.68 bits per heavy atom. The van der Waals surface area contributed by atoms with E-state index in [-0.39, 0.29) is 11.9 Å². The quantitative estimate of drug-likeness (QED) is 0.734. The van der Waals surface area contributed by atoms with Crippen molar-refractivity contribution in [3.05, 3.63) is 53.8 Å². The van der Waals surface area contributed by atoms with Gasteiger partial charge in [-0.1, -0.05) is 24.3 Å².